The number of aliphatic hydroxyl groups is 3. The zero-order chi connectivity index (χ0) is 15.8. The number of nitrogens with zero attached hydrogens (tertiary/aromatic N) is 1. The summed E-state index contributed by atoms with van der Waals surface area (Å²) in [6.45, 7) is 6.32. The van der Waals surface area contributed by atoms with Gasteiger partial charge in [-0.3, -0.25) is 4.90 Å². The van der Waals surface area contributed by atoms with Gasteiger partial charge in [-0.1, -0.05) is 19.9 Å². The number of hydrogen-bond donors (Lipinski definition) is 3. The topological polar surface area (TPSA) is 90.2 Å². The largest absolute Gasteiger partial charge is 0.459 e. The first-order chi connectivity index (χ1) is 9.78. The number of aliphatic hydroxyl groups excluding tert-OH is 2. The second kappa shape index (κ2) is 6.04. The summed E-state index contributed by atoms with van der Waals surface area (Å²) in [7, 11) is 0. The molecule has 1 fully saturated rings. The number of esters is 1. The van der Waals surface area contributed by atoms with Crippen LogP contribution in [-0.2, 0) is 9.53 Å². The van der Waals surface area contributed by atoms with E-state index in [1.54, 1.807) is 13.8 Å². The first-order valence-corrected chi connectivity index (χ1v) is 7.47. The van der Waals surface area contributed by atoms with Crippen molar-refractivity contribution >= 4 is 5.97 Å². The molecule has 2 aliphatic rings. The van der Waals surface area contributed by atoms with Gasteiger partial charge in [0.05, 0.1) is 18.2 Å². The standard InChI is InChI=1S/C15H25NO5/c1-9(2)15(20,10(3)17)14(19)21-8-11-4-6-16-7-5-12(18)13(11)16/h4,9-10,12-13,17-18,20H,5-8H2,1-3H3/t10?,12-,13+,15?/m1/s1. The summed E-state index contributed by atoms with van der Waals surface area (Å²) in [5, 5.41) is 30.0. The van der Waals surface area contributed by atoms with E-state index in [2.05, 4.69) is 4.90 Å². The number of rotatable bonds is 5. The van der Waals surface area contributed by atoms with Crippen LogP contribution in [0.4, 0.5) is 0 Å². The van der Waals surface area contributed by atoms with Crippen molar-refractivity contribution in [3.05, 3.63) is 11.6 Å². The molecule has 1 saturated heterocycles. The van der Waals surface area contributed by atoms with Gasteiger partial charge in [0.1, 0.15) is 6.61 Å². The highest BCUT2D eigenvalue weighted by Crippen LogP contribution is 2.30. The molecule has 2 unspecified atom stereocenters. The van der Waals surface area contributed by atoms with Crippen molar-refractivity contribution in [2.24, 2.45) is 5.92 Å². The van der Waals surface area contributed by atoms with Crippen molar-refractivity contribution in [2.75, 3.05) is 19.7 Å². The van der Waals surface area contributed by atoms with E-state index in [-0.39, 0.29) is 12.6 Å². The van der Waals surface area contributed by atoms with Crippen molar-refractivity contribution in [1.82, 2.24) is 4.90 Å². The van der Waals surface area contributed by atoms with E-state index in [0.717, 1.165) is 25.1 Å². The van der Waals surface area contributed by atoms with E-state index in [0.29, 0.717) is 0 Å². The maximum absolute atomic E-state index is 12.1. The Morgan fingerprint density at radius 2 is 2.19 bits per heavy atom. The first kappa shape index (κ1) is 16.4. The Morgan fingerprint density at radius 3 is 2.76 bits per heavy atom. The van der Waals surface area contributed by atoms with Crippen molar-refractivity contribution < 1.29 is 24.9 Å². The van der Waals surface area contributed by atoms with Gasteiger partial charge in [0, 0.05) is 13.1 Å². The smallest absolute Gasteiger partial charge is 0.341 e. The Hall–Kier alpha value is -0.950. The minimum Gasteiger partial charge on any atom is -0.459 e. The van der Waals surface area contributed by atoms with Gasteiger partial charge in [-0.25, -0.2) is 4.79 Å². The van der Waals surface area contributed by atoms with Crippen LogP contribution in [-0.4, -0.2) is 69.7 Å². The molecule has 6 nitrogen and oxygen atoms in total. The fourth-order valence-electron chi connectivity index (χ4n) is 3.18. The molecular formula is C15H25NO5. The minimum absolute atomic E-state index is 0.0405. The SMILES string of the molecule is CC(C)C(O)(C(=O)OCC1=CCN2CC[C@@H](O)[C@H]12)C(C)O. The molecule has 2 heterocycles. The van der Waals surface area contributed by atoms with Gasteiger partial charge in [0.25, 0.3) is 0 Å². The zero-order valence-corrected chi connectivity index (χ0v) is 12.8. The normalized spacial score (nSPS) is 30.0. The predicted molar refractivity (Wildman–Crippen MR) is 76.5 cm³/mol. The summed E-state index contributed by atoms with van der Waals surface area (Å²) in [5.41, 5.74) is -1.04. The molecule has 21 heavy (non-hydrogen) atoms. The zero-order valence-electron chi connectivity index (χ0n) is 12.8. The lowest BCUT2D eigenvalue weighted by molar-refractivity contribution is -0.183. The van der Waals surface area contributed by atoms with Gasteiger partial charge < -0.3 is 20.1 Å². The number of hydrogen-bond acceptors (Lipinski definition) is 6. The van der Waals surface area contributed by atoms with Gasteiger partial charge >= 0.3 is 5.97 Å². The maximum atomic E-state index is 12.1. The van der Waals surface area contributed by atoms with Crippen LogP contribution in [0.5, 0.6) is 0 Å². The number of ether oxygens (including phenoxy) is 1. The van der Waals surface area contributed by atoms with Crippen molar-refractivity contribution in [2.45, 2.75) is 51.0 Å². The first-order valence-electron chi connectivity index (χ1n) is 7.47. The fraction of sp³-hybridized carbons (Fsp3) is 0.800. The molecule has 6 heteroatoms. The molecule has 4 atom stereocenters. The quantitative estimate of drug-likeness (QED) is 0.476. The molecule has 0 aromatic rings. The van der Waals surface area contributed by atoms with Crippen LogP contribution in [0.2, 0.25) is 0 Å². The molecule has 0 aliphatic carbocycles. The number of fused-ring (bicyclic) bond motifs is 1. The molecule has 3 N–H and O–H groups in total. The molecule has 2 rings (SSSR count). The third kappa shape index (κ3) is 2.85. The second-order valence-electron chi connectivity index (χ2n) is 6.31. The van der Waals surface area contributed by atoms with Gasteiger partial charge in [-0.05, 0) is 24.8 Å². The molecule has 0 radical (unpaired) electrons. The Balaban J connectivity index is 1.98. The molecule has 2 aliphatic heterocycles. The number of carbonyl (C=O) groups is 1. The Labute approximate surface area is 125 Å². The molecular weight excluding hydrogens is 274 g/mol. The highest BCUT2D eigenvalue weighted by atomic mass is 16.6. The lowest BCUT2D eigenvalue weighted by Gasteiger charge is -2.32. The molecule has 0 saturated carbocycles. The van der Waals surface area contributed by atoms with Crippen molar-refractivity contribution in [3.8, 4) is 0 Å². The summed E-state index contributed by atoms with van der Waals surface area (Å²) in [6.07, 6.45) is 1.03. The van der Waals surface area contributed by atoms with E-state index in [1.165, 1.54) is 6.92 Å². The third-order valence-electron chi connectivity index (χ3n) is 4.65. The molecule has 0 aromatic heterocycles. The predicted octanol–water partition coefficient (Wildman–Crippen LogP) is -0.327. The summed E-state index contributed by atoms with van der Waals surface area (Å²) in [5.74, 6) is -1.28. The van der Waals surface area contributed by atoms with Crippen LogP contribution in [0.1, 0.15) is 27.2 Å². The van der Waals surface area contributed by atoms with E-state index < -0.39 is 29.7 Å². The average Bonchev–Trinajstić information content (AvgIpc) is 2.98. The van der Waals surface area contributed by atoms with Gasteiger partial charge in [0.15, 0.2) is 5.60 Å². The summed E-state index contributed by atoms with van der Waals surface area (Å²) < 4.78 is 5.22. The molecule has 0 amide bonds. The van der Waals surface area contributed by atoms with Crippen molar-refractivity contribution in [3.63, 3.8) is 0 Å². The van der Waals surface area contributed by atoms with Crippen LogP contribution in [0.15, 0.2) is 11.6 Å². The fourth-order valence-corrected chi connectivity index (χ4v) is 3.18. The summed E-state index contributed by atoms with van der Waals surface area (Å²) in [4.78, 5) is 14.3. The van der Waals surface area contributed by atoms with E-state index in [9.17, 15) is 20.1 Å². The number of carbonyl (C=O) groups excluding carboxylic acids is 1. The molecule has 0 bridgehead atoms. The molecule has 0 aromatic carbocycles. The highest BCUT2D eigenvalue weighted by molar-refractivity contribution is 5.80. The molecule has 120 valence electrons. The second-order valence-corrected chi connectivity index (χ2v) is 6.31. The van der Waals surface area contributed by atoms with Crippen LogP contribution < -0.4 is 0 Å². The lowest BCUT2D eigenvalue weighted by atomic mass is 9.85. The van der Waals surface area contributed by atoms with E-state index in [1.807, 2.05) is 6.08 Å². The minimum atomic E-state index is -1.91. The van der Waals surface area contributed by atoms with Gasteiger partial charge in [-0.2, -0.15) is 0 Å². The Morgan fingerprint density at radius 1 is 1.52 bits per heavy atom. The van der Waals surface area contributed by atoms with Gasteiger partial charge in [0.2, 0.25) is 0 Å². The third-order valence-corrected chi connectivity index (χ3v) is 4.65. The Kier molecular flexibility index (Phi) is 4.72. The van der Waals surface area contributed by atoms with Crippen molar-refractivity contribution in [1.29, 1.82) is 0 Å². The Bertz CT molecular complexity index is 424. The van der Waals surface area contributed by atoms with Crippen LogP contribution in [0.25, 0.3) is 0 Å². The molecule has 0 spiro atoms. The van der Waals surface area contributed by atoms with Crippen LogP contribution in [0, 0.1) is 5.92 Å². The lowest BCUT2D eigenvalue weighted by Crippen LogP contribution is -2.53. The van der Waals surface area contributed by atoms with Gasteiger partial charge in [-0.15, -0.1) is 0 Å². The summed E-state index contributed by atoms with van der Waals surface area (Å²) in [6, 6.07) is -0.0866. The van der Waals surface area contributed by atoms with Crippen LogP contribution in [0.3, 0.4) is 0 Å². The van der Waals surface area contributed by atoms with Crippen LogP contribution >= 0.6 is 0 Å². The average molecular weight is 299 g/mol. The summed E-state index contributed by atoms with van der Waals surface area (Å²) >= 11 is 0. The maximum Gasteiger partial charge on any atom is 0.341 e. The van der Waals surface area contributed by atoms with E-state index >= 15 is 0 Å². The monoisotopic (exact) mass is 299 g/mol. The van der Waals surface area contributed by atoms with E-state index in [4.69, 9.17) is 4.74 Å². The highest BCUT2D eigenvalue weighted by Gasteiger charge is 2.46.